The summed E-state index contributed by atoms with van der Waals surface area (Å²) >= 11 is 3.14. The van der Waals surface area contributed by atoms with Crippen LogP contribution in [0.25, 0.3) is 10.2 Å². The fourth-order valence-electron chi connectivity index (χ4n) is 2.69. The number of nitrogens with zero attached hydrogens (tertiary/aromatic N) is 2. The van der Waals surface area contributed by atoms with E-state index in [4.69, 9.17) is 4.74 Å². The molecular weight excluding hydrogens is 392 g/mol. The lowest BCUT2D eigenvalue weighted by Crippen LogP contribution is -2.23. The Kier molecular flexibility index (Phi) is 7.45. The highest BCUT2D eigenvalue weighted by Crippen LogP contribution is 2.19. The van der Waals surface area contributed by atoms with Crippen LogP contribution >= 0.6 is 23.1 Å². The quantitative estimate of drug-likeness (QED) is 0.314. The van der Waals surface area contributed by atoms with Gasteiger partial charge in [0, 0.05) is 11.3 Å². The molecule has 7 heteroatoms. The number of rotatable bonds is 8. The molecule has 0 aliphatic rings. The van der Waals surface area contributed by atoms with Gasteiger partial charge in [-0.05, 0) is 43.4 Å². The predicted octanol–water partition coefficient (Wildman–Crippen LogP) is 4.27. The van der Waals surface area contributed by atoms with Crippen LogP contribution in [-0.2, 0) is 20.9 Å². The van der Waals surface area contributed by atoms with Gasteiger partial charge >= 0.3 is 5.97 Å². The van der Waals surface area contributed by atoms with Crippen molar-refractivity contribution in [3.05, 3.63) is 59.4 Å². The number of benzene rings is 2. The van der Waals surface area contributed by atoms with Crippen LogP contribution in [0.5, 0.6) is 0 Å². The van der Waals surface area contributed by atoms with Crippen molar-refractivity contribution in [2.24, 2.45) is 4.99 Å². The minimum Gasteiger partial charge on any atom is -0.465 e. The molecule has 0 bridgehead atoms. The SMILES string of the molecule is CCOC(=O)Cn1c(=NC(=O)CCCSc2ccccc2)sc2ccccc21. The van der Waals surface area contributed by atoms with Gasteiger partial charge in [0.1, 0.15) is 6.54 Å². The van der Waals surface area contributed by atoms with Gasteiger partial charge in [0.15, 0.2) is 4.80 Å². The van der Waals surface area contributed by atoms with E-state index in [1.54, 1.807) is 23.3 Å². The van der Waals surface area contributed by atoms with E-state index in [9.17, 15) is 9.59 Å². The van der Waals surface area contributed by atoms with Gasteiger partial charge in [-0.3, -0.25) is 9.59 Å². The Morgan fingerprint density at radius 3 is 2.64 bits per heavy atom. The smallest absolute Gasteiger partial charge is 0.326 e. The number of fused-ring (bicyclic) bond motifs is 1. The lowest BCUT2D eigenvalue weighted by atomic mass is 10.3. The summed E-state index contributed by atoms with van der Waals surface area (Å²) in [6.45, 7) is 2.15. The molecule has 28 heavy (non-hydrogen) atoms. The number of para-hydroxylation sites is 1. The molecule has 0 aliphatic heterocycles. The van der Waals surface area contributed by atoms with Crippen molar-refractivity contribution in [3.8, 4) is 0 Å². The van der Waals surface area contributed by atoms with Crippen LogP contribution in [0.2, 0.25) is 0 Å². The van der Waals surface area contributed by atoms with Crippen LogP contribution in [0.1, 0.15) is 19.8 Å². The molecule has 0 radical (unpaired) electrons. The number of thiazole rings is 1. The number of carbonyl (C=O) groups is 2. The molecule has 0 aliphatic carbocycles. The van der Waals surface area contributed by atoms with Gasteiger partial charge in [-0.15, -0.1) is 11.8 Å². The standard InChI is InChI=1S/C21H22N2O3S2/c1-2-26-20(25)15-23-17-11-6-7-12-18(17)28-21(23)22-19(24)13-8-14-27-16-9-4-3-5-10-16/h3-7,9-12H,2,8,13-15H2,1H3. The summed E-state index contributed by atoms with van der Waals surface area (Å²) in [5.74, 6) is 0.359. The van der Waals surface area contributed by atoms with Crippen molar-refractivity contribution >= 4 is 45.2 Å². The zero-order valence-corrected chi connectivity index (χ0v) is 17.3. The Morgan fingerprint density at radius 1 is 1.11 bits per heavy atom. The largest absolute Gasteiger partial charge is 0.465 e. The van der Waals surface area contributed by atoms with E-state index in [1.807, 2.05) is 42.5 Å². The first kappa shape index (κ1) is 20.4. The molecule has 0 saturated heterocycles. The molecule has 0 spiro atoms. The Balaban J connectivity index is 1.69. The Morgan fingerprint density at radius 2 is 1.86 bits per heavy atom. The fourth-order valence-corrected chi connectivity index (χ4v) is 4.61. The zero-order chi connectivity index (χ0) is 19.8. The molecule has 0 fully saturated rings. The summed E-state index contributed by atoms with van der Waals surface area (Å²) in [4.78, 5) is 30.3. The molecular formula is C21H22N2O3S2. The summed E-state index contributed by atoms with van der Waals surface area (Å²) in [6, 6.07) is 17.8. The lowest BCUT2D eigenvalue weighted by molar-refractivity contribution is -0.143. The van der Waals surface area contributed by atoms with E-state index < -0.39 is 0 Å². The molecule has 0 atom stereocenters. The van der Waals surface area contributed by atoms with Gasteiger partial charge in [0.25, 0.3) is 0 Å². The topological polar surface area (TPSA) is 60.7 Å². The number of hydrogen-bond donors (Lipinski definition) is 0. The Hall–Kier alpha value is -2.38. The van der Waals surface area contributed by atoms with E-state index in [0.717, 1.165) is 22.4 Å². The fraction of sp³-hybridized carbons (Fsp3) is 0.286. The van der Waals surface area contributed by atoms with Crippen LogP contribution < -0.4 is 4.80 Å². The summed E-state index contributed by atoms with van der Waals surface area (Å²) < 4.78 is 7.80. The average Bonchev–Trinajstić information content (AvgIpc) is 3.03. The highest BCUT2D eigenvalue weighted by atomic mass is 32.2. The first-order valence-electron chi connectivity index (χ1n) is 9.16. The molecule has 0 saturated carbocycles. The molecule has 3 aromatic rings. The van der Waals surface area contributed by atoms with Crippen LogP contribution in [0.3, 0.4) is 0 Å². The Bertz CT molecular complexity index is 1010. The van der Waals surface area contributed by atoms with E-state index >= 15 is 0 Å². The van der Waals surface area contributed by atoms with Crippen molar-refractivity contribution in [2.75, 3.05) is 12.4 Å². The van der Waals surface area contributed by atoms with Crippen molar-refractivity contribution < 1.29 is 14.3 Å². The summed E-state index contributed by atoms with van der Waals surface area (Å²) in [5, 5.41) is 0. The molecule has 146 valence electrons. The average molecular weight is 415 g/mol. The van der Waals surface area contributed by atoms with Crippen LogP contribution in [0.4, 0.5) is 0 Å². The Labute approximate surface area is 172 Å². The summed E-state index contributed by atoms with van der Waals surface area (Å²) in [6.07, 6.45) is 1.14. The predicted molar refractivity (Wildman–Crippen MR) is 113 cm³/mol. The highest BCUT2D eigenvalue weighted by molar-refractivity contribution is 7.99. The van der Waals surface area contributed by atoms with Crippen molar-refractivity contribution in [2.45, 2.75) is 31.2 Å². The number of esters is 1. The van der Waals surface area contributed by atoms with Gasteiger partial charge < -0.3 is 9.30 Å². The van der Waals surface area contributed by atoms with E-state index in [2.05, 4.69) is 17.1 Å². The van der Waals surface area contributed by atoms with Gasteiger partial charge in [0.2, 0.25) is 5.91 Å². The zero-order valence-electron chi connectivity index (χ0n) is 15.7. The first-order valence-corrected chi connectivity index (χ1v) is 11.0. The molecule has 1 heterocycles. The highest BCUT2D eigenvalue weighted by Gasteiger charge is 2.11. The van der Waals surface area contributed by atoms with Crippen molar-refractivity contribution in [1.29, 1.82) is 0 Å². The number of carbonyl (C=O) groups excluding carboxylic acids is 2. The summed E-state index contributed by atoms with van der Waals surface area (Å²) in [7, 11) is 0. The van der Waals surface area contributed by atoms with E-state index in [-0.39, 0.29) is 18.4 Å². The number of hydrogen-bond acceptors (Lipinski definition) is 5. The minimum absolute atomic E-state index is 0.0494. The minimum atomic E-state index is -0.334. The van der Waals surface area contributed by atoms with Crippen LogP contribution in [-0.4, -0.2) is 28.8 Å². The monoisotopic (exact) mass is 414 g/mol. The second-order valence-corrected chi connectivity index (χ2v) is 8.19. The molecule has 5 nitrogen and oxygen atoms in total. The molecule has 0 N–H and O–H groups in total. The van der Waals surface area contributed by atoms with Gasteiger partial charge in [0.05, 0.1) is 16.8 Å². The maximum absolute atomic E-state index is 12.4. The second kappa shape index (κ2) is 10.2. The first-order chi connectivity index (χ1) is 13.7. The number of amides is 1. The van der Waals surface area contributed by atoms with Gasteiger partial charge in [-0.25, -0.2) is 0 Å². The lowest BCUT2D eigenvalue weighted by Gasteiger charge is -2.05. The normalized spacial score (nSPS) is 11.7. The molecule has 1 aromatic heterocycles. The van der Waals surface area contributed by atoms with Crippen LogP contribution in [0, 0.1) is 0 Å². The third-order valence-corrected chi connectivity index (χ3v) is 6.11. The maximum Gasteiger partial charge on any atom is 0.326 e. The van der Waals surface area contributed by atoms with E-state index in [0.29, 0.717) is 17.8 Å². The van der Waals surface area contributed by atoms with Crippen LogP contribution in [0.15, 0.2) is 64.5 Å². The summed E-state index contributed by atoms with van der Waals surface area (Å²) in [5.41, 5.74) is 0.881. The second-order valence-electron chi connectivity index (χ2n) is 6.01. The van der Waals surface area contributed by atoms with E-state index in [1.165, 1.54) is 16.2 Å². The molecule has 2 aromatic carbocycles. The van der Waals surface area contributed by atoms with Gasteiger partial charge in [-0.2, -0.15) is 4.99 Å². The van der Waals surface area contributed by atoms with Gasteiger partial charge in [-0.1, -0.05) is 41.7 Å². The van der Waals surface area contributed by atoms with Crippen molar-refractivity contribution in [1.82, 2.24) is 4.57 Å². The third-order valence-electron chi connectivity index (χ3n) is 3.95. The number of ether oxygens (including phenoxy) is 1. The number of aromatic nitrogens is 1. The molecule has 3 rings (SSSR count). The molecule has 0 unspecified atom stereocenters. The third kappa shape index (κ3) is 5.56. The number of thioether (sulfide) groups is 1. The van der Waals surface area contributed by atoms with Crippen molar-refractivity contribution in [3.63, 3.8) is 0 Å². The molecule has 1 amide bonds. The maximum atomic E-state index is 12.4.